The van der Waals surface area contributed by atoms with E-state index in [9.17, 15) is 21.6 Å². The van der Waals surface area contributed by atoms with Crippen molar-refractivity contribution in [2.75, 3.05) is 20.8 Å². The molecule has 0 heterocycles. The third-order valence-electron chi connectivity index (χ3n) is 3.85. The number of sulfonamides is 1. The highest BCUT2D eigenvalue weighted by Crippen LogP contribution is 2.29. The van der Waals surface area contributed by atoms with E-state index in [2.05, 4.69) is 4.74 Å². The molecule has 2 aromatic rings. The van der Waals surface area contributed by atoms with Gasteiger partial charge in [0.05, 0.1) is 19.1 Å². The average Bonchev–Trinajstić information content (AvgIpc) is 2.64. The van der Waals surface area contributed by atoms with Crippen molar-refractivity contribution in [1.82, 2.24) is 4.31 Å². The highest BCUT2D eigenvalue weighted by molar-refractivity contribution is 7.89. The summed E-state index contributed by atoms with van der Waals surface area (Å²) in [7, 11) is -0.955. The number of hydrogen-bond donors (Lipinski definition) is 0. The third kappa shape index (κ3) is 5.29. The normalized spacial score (nSPS) is 12.1. The van der Waals surface area contributed by atoms with Gasteiger partial charge in [-0.15, -0.1) is 13.2 Å². The van der Waals surface area contributed by atoms with Gasteiger partial charge in [-0.1, -0.05) is 13.0 Å². The van der Waals surface area contributed by atoms with Gasteiger partial charge in [-0.3, -0.25) is 0 Å². The Morgan fingerprint density at radius 1 is 0.964 bits per heavy atom. The maximum Gasteiger partial charge on any atom is 0.573 e. The Kier molecular flexibility index (Phi) is 6.78. The number of ether oxygens (including phenoxy) is 3. The number of halogens is 3. The molecule has 28 heavy (non-hydrogen) atoms. The molecule has 0 fully saturated rings. The van der Waals surface area contributed by atoms with Crippen molar-refractivity contribution in [2.45, 2.75) is 24.7 Å². The van der Waals surface area contributed by atoms with E-state index in [4.69, 9.17) is 9.47 Å². The minimum absolute atomic E-state index is 0.0555. The van der Waals surface area contributed by atoms with E-state index in [1.165, 1.54) is 18.5 Å². The van der Waals surface area contributed by atoms with Crippen molar-refractivity contribution in [1.29, 1.82) is 0 Å². The lowest BCUT2D eigenvalue weighted by molar-refractivity contribution is -0.274. The van der Waals surface area contributed by atoms with E-state index in [-0.39, 0.29) is 18.0 Å². The van der Waals surface area contributed by atoms with Gasteiger partial charge in [-0.05, 0) is 42.0 Å². The van der Waals surface area contributed by atoms with Gasteiger partial charge in [-0.25, -0.2) is 8.42 Å². The molecule has 0 aliphatic carbocycles. The van der Waals surface area contributed by atoms with E-state index < -0.39 is 22.1 Å². The van der Waals surface area contributed by atoms with Crippen molar-refractivity contribution >= 4 is 10.0 Å². The van der Waals surface area contributed by atoms with Crippen LogP contribution in [0.5, 0.6) is 17.2 Å². The first-order valence-electron chi connectivity index (χ1n) is 8.17. The van der Waals surface area contributed by atoms with Crippen molar-refractivity contribution in [3.05, 3.63) is 48.0 Å². The Hall–Kier alpha value is -2.46. The van der Waals surface area contributed by atoms with E-state index in [1.54, 1.807) is 25.1 Å². The topological polar surface area (TPSA) is 65.1 Å². The molecule has 0 radical (unpaired) electrons. The third-order valence-corrected chi connectivity index (χ3v) is 5.79. The van der Waals surface area contributed by atoms with Crippen LogP contribution in [0.2, 0.25) is 0 Å². The highest BCUT2D eigenvalue weighted by Gasteiger charge is 2.31. The molecular formula is C18H20F3NO5S. The van der Waals surface area contributed by atoms with Gasteiger partial charge >= 0.3 is 6.36 Å². The van der Waals surface area contributed by atoms with Crippen LogP contribution in [0, 0.1) is 0 Å². The molecule has 0 spiro atoms. The summed E-state index contributed by atoms with van der Waals surface area (Å²) in [5, 5.41) is 0. The van der Waals surface area contributed by atoms with Crippen LogP contribution in [0.15, 0.2) is 47.4 Å². The number of rotatable bonds is 8. The summed E-state index contributed by atoms with van der Waals surface area (Å²) in [6.45, 7) is 1.89. The first-order valence-corrected chi connectivity index (χ1v) is 9.61. The van der Waals surface area contributed by atoms with Gasteiger partial charge in [0.25, 0.3) is 0 Å². The minimum Gasteiger partial charge on any atom is -0.493 e. The Balaban J connectivity index is 2.25. The van der Waals surface area contributed by atoms with E-state index >= 15 is 0 Å². The molecule has 0 amide bonds. The fourth-order valence-electron chi connectivity index (χ4n) is 2.51. The number of alkyl halides is 3. The molecule has 0 bridgehead atoms. The second-order valence-corrected chi connectivity index (χ2v) is 7.58. The average molecular weight is 419 g/mol. The van der Waals surface area contributed by atoms with Gasteiger partial charge in [0.15, 0.2) is 11.5 Å². The quantitative estimate of drug-likeness (QED) is 0.651. The van der Waals surface area contributed by atoms with Crippen LogP contribution in [-0.2, 0) is 16.6 Å². The zero-order chi connectivity index (χ0) is 20.9. The summed E-state index contributed by atoms with van der Waals surface area (Å²) in [4.78, 5) is -0.135. The predicted octanol–water partition coefficient (Wildman–Crippen LogP) is 3.81. The van der Waals surface area contributed by atoms with Gasteiger partial charge in [0.1, 0.15) is 5.75 Å². The number of nitrogens with zero attached hydrogens (tertiary/aromatic N) is 1. The van der Waals surface area contributed by atoms with Gasteiger partial charge < -0.3 is 14.2 Å². The lowest BCUT2D eigenvalue weighted by Gasteiger charge is -2.21. The smallest absolute Gasteiger partial charge is 0.493 e. The molecule has 2 aromatic carbocycles. The van der Waals surface area contributed by atoms with E-state index in [0.29, 0.717) is 17.1 Å². The van der Waals surface area contributed by atoms with Gasteiger partial charge in [0.2, 0.25) is 10.0 Å². The monoisotopic (exact) mass is 419 g/mol. The van der Waals surface area contributed by atoms with Crippen LogP contribution < -0.4 is 14.2 Å². The molecule has 0 atom stereocenters. The zero-order valence-electron chi connectivity index (χ0n) is 15.5. The molecule has 0 unspecified atom stereocenters. The fourth-order valence-corrected chi connectivity index (χ4v) is 3.95. The molecule has 2 rings (SSSR count). The molecule has 0 saturated heterocycles. The van der Waals surface area contributed by atoms with E-state index in [0.717, 1.165) is 24.3 Å². The minimum atomic E-state index is -4.84. The van der Waals surface area contributed by atoms with Crippen molar-refractivity contribution < 1.29 is 35.8 Å². The molecule has 154 valence electrons. The maximum absolute atomic E-state index is 12.8. The lowest BCUT2D eigenvalue weighted by atomic mass is 10.2. The first kappa shape index (κ1) is 21.8. The Morgan fingerprint density at radius 2 is 1.57 bits per heavy atom. The summed E-state index contributed by atoms with van der Waals surface area (Å²) in [5.41, 5.74) is 0.667. The Bertz CT molecular complexity index is 898. The largest absolute Gasteiger partial charge is 0.573 e. The standard InChI is InChI=1S/C18H20F3NO5S/c1-4-22(12-13-5-10-16(25-2)17(11-13)26-3)28(23,24)15-8-6-14(7-9-15)27-18(19,20)21/h5-11H,4,12H2,1-3H3. The summed E-state index contributed by atoms with van der Waals surface area (Å²) >= 11 is 0. The molecule has 0 saturated carbocycles. The van der Waals surface area contributed by atoms with E-state index in [1.807, 2.05) is 0 Å². The molecular weight excluding hydrogens is 399 g/mol. The van der Waals surface area contributed by atoms with Crippen molar-refractivity contribution in [3.8, 4) is 17.2 Å². The van der Waals surface area contributed by atoms with Gasteiger partial charge in [-0.2, -0.15) is 4.31 Å². The number of hydrogen-bond acceptors (Lipinski definition) is 5. The second kappa shape index (κ2) is 8.70. The zero-order valence-corrected chi connectivity index (χ0v) is 16.3. The molecule has 0 aliphatic heterocycles. The Morgan fingerprint density at radius 3 is 2.07 bits per heavy atom. The summed E-state index contributed by atoms with van der Waals surface area (Å²) in [5.74, 6) is 0.480. The molecule has 0 N–H and O–H groups in total. The predicted molar refractivity (Wildman–Crippen MR) is 95.9 cm³/mol. The van der Waals surface area contributed by atoms with Crippen LogP contribution in [0.1, 0.15) is 12.5 Å². The lowest BCUT2D eigenvalue weighted by Crippen LogP contribution is -2.30. The summed E-state index contributed by atoms with van der Waals surface area (Å²) in [6.07, 6.45) is -4.84. The van der Waals surface area contributed by atoms with Gasteiger partial charge in [0, 0.05) is 13.1 Å². The molecule has 10 heteroatoms. The van der Waals surface area contributed by atoms with Crippen LogP contribution in [-0.4, -0.2) is 39.8 Å². The molecule has 0 aliphatic rings. The second-order valence-electron chi connectivity index (χ2n) is 5.64. The van der Waals surface area contributed by atoms with Crippen molar-refractivity contribution in [2.24, 2.45) is 0 Å². The first-order chi connectivity index (χ1) is 13.1. The van der Waals surface area contributed by atoms with Crippen LogP contribution >= 0.6 is 0 Å². The maximum atomic E-state index is 12.8. The van der Waals surface area contributed by atoms with Crippen LogP contribution in [0.3, 0.4) is 0 Å². The Labute approximate surface area is 161 Å². The molecule has 6 nitrogen and oxygen atoms in total. The van der Waals surface area contributed by atoms with Crippen LogP contribution in [0.4, 0.5) is 13.2 Å². The molecule has 0 aromatic heterocycles. The number of benzene rings is 2. The number of methoxy groups -OCH3 is 2. The highest BCUT2D eigenvalue weighted by atomic mass is 32.2. The summed E-state index contributed by atoms with van der Waals surface area (Å²) < 4.78 is 77.8. The SMILES string of the molecule is CCN(Cc1ccc(OC)c(OC)c1)S(=O)(=O)c1ccc(OC(F)(F)F)cc1. The van der Waals surface area contributed by atoms with Crippen molar-refractivity contribution in [3.63, 3.8) is 0 Å². The summed E-state index contributed by atoms with van der Waals surface area (Å²) in [6, 6.07) is 9.12. The fraction of sp³-hybridized carbons (Fsp3) is 0.333. The van der Waals surface area contributed by atoms with Crippen LogP contribution in [0.25, 0.3) is 0 Å².